The van der Waals surface area contributed by atoms with Gasteiger partial charge in [0.2, 0.25) is 0 Å². The van der Waals surface area contributed by atoms with Crippen LogP contribution in [0, 0.1) is 13.8 Å². The molecule has 0 saturated carbocycles. The molecule has 18 nitrogen and oxygen atoms in total. The van der Waals surface area contributed by atoms with Crippen molar-refractivity contribution in [2.24, 2.45) is 10.3 Å². The van der Waals surface area contributed by atoms with Crippen LogP contribution in [0.4, 0.5) is 26.3 Å². The Morgan fingerprint density at radius 1 is 0.562 bits per heavy atom. The van der Waals surface area contributed by atoms with Crippen LogP contribution in [-0.4, -0.2) is 86.2 Å². The number of benzene rings is 5. The van der Waals surface area contributed by atoms with Crippen molar-refractivity contribution in [1.29, 1.82) is 0 Å². The maximum Gasteiger partial charge on any atom is 0.454 e. The van der Waals surface area contributed by atoms with Gasteiger partial charge in [-0.25, -0.2) is 0 Å². The number of Topliss-reactive ketones (excluding diaryl/α,β-unsaturated/α-hetero) is 1. The lowest BCUT2D eigenvalue weighted by Crippen LogP contribution is -2.25. The van der Waals surface area contributed by atoms with Crippen LogP contribution in [0.3, 0.4) is 0 Å². The monoisotopic (exact) mass is 1100 g/mol. The maximum absolute atomic E-state index is 13.8. The summed E-state index contributed by atoms with van der Waals surface area (Å²) in [5.41, 5.74) is -1.52. The lowest BCUT2D eigenvalue weighted by atomic mass is 10.1. The van der Waals surface area contributed by atoms with Gasteiger partial charge in [-0.1, -0.05) is 45.7 Å². The largest absolute Gasteiger partial charge is 0.493 e. The first-order valence-corrected chi connectivity index (χ1v) is 26.0. The number of hydrogen-bond acceptors (Lipinski definition) is 17. The maximum atomic E-state index is 13.8. The molecule has 6 rings (SSSR count). The second kappa shape index (κ2) is 23.1. The minimum absolute atomic E-state index is 0.0350. The van der Waals surface area contributed by atoms with Gasteiger partial charge in [-0.05, 0) is 123 Å². The molecule has 28 heteroatoms. The third kappa shape index (κ3) is 16.1. The van der Waals surface area contributed by atoms with E-state index in [1.54, 1.807) is 38.1 Å². The van der Waals surface area contributed by atoms with Gasteiger partial charge in [0.1, 0.15) is 48.3 Å². The Balaban J connectivity index is 0.000000357. The van der Waals surface area contributed by atoms with E-state index in [1.165, 1.54) is 48.5 Å². The van der Waals surface area contributed by atoms with Gasteiger partial charge >= 0.3 is 42.7 Å². The van der Waals surface area contributed by atoms with Gasteiger partial charge in [0.25, 0.3) is 15.9 Å². The van der Waals surface area contributed by atoms with Crippen LogP contribution < -0.4 is 13.7 Å². The third-order valence-corrected chi connectivity index (χ3v) is 14.0. The smallest absolute Gasteiger partial charge is 0.454 e. The van der Waals surface area contributed by atoms with Gasteiger partial charge in [0.15, 0.2) is 5.71 Å². The van der Waals surface area contributed by atoms with Gasteiger partial charge in [-0.2, -0.15) is 60.0 Å². The van der Waals surface area contributed by atoms with Crippen LogP contribution in [0.15, 0.2) is 169 Å². The Bertz CT molecular complexity index is 3360. The van der Waals surface area contributed by atoms with E-state index in [2.05, 4.69) is 14.6 Å². The van der Waals surface area contributed by atoms with Crippen LogP contribution in [0.2, 0.25) is 0 Å². The molecule has 1 aliphatic rings. The van der Waals surface area contributed by atoms with E-state index in [-0.39, 0.29) is 52.4 Å². The zero-order valence-electron chi connectivity index (χ0n) is 37.4. The molecule has 0 fully saturated rings. The zero-order valence-corrected chi connectivity index (χ0v) is 40.7. The lowest BCUT2D eigenvalue weighted by molar-refractivity contribution is -0.0885. The highest BCUT2D eigenvalue weighted by Crippen LogP contribution is 2.29. The van der Waals surface area contributed by atoms with E-state index in [4.69, 9.17) is 27.6 Å². The van der Waals surface area contributed by atoms with Gasteiger partial charge in [-0.15, -0.1) is 0 Å². The van der Waals surface area contributed by atoms with Crippen molar-refractivity contribution in [2.45, 2.75) is 53.7 Å². The molecular formula is C45H38F6N2O16S4. The van der Waals surface area contributed by atoms with E-state index in [0.717, 1.165) is 71.8 Å². The van der Waals surface area contributed by atoms with Crippen molar-refractivity contribution in [3.63, 3.8) is 0 Å². The summed E-state index contributed by atoms with van der Waals surface area (Å²) in [4.78, 5) is 9.75. The Morgan fingerprint density at radius 3 is 1.42 bits per heavy atom. The summed E-state index contributed by atoms with van der Waals surface area (Å²) in [6.45, 7) is 3.65. The second-order valence-electron chi connectivity index (χ2n) is 14.9. The number of nitrogens with zero attached hydrogens (tertiary/aromatic N) is 2. The van der Waals surface area contributed by atoms with Crippen molar-refractivity contribution in [1.82, 2.24) is 0 Å². The molecule has 0 unspecified atom stereocenters. The van der Waals surface area contributed by atoms with Crippen LogP contribution in [0.25, 0.3) is 0 Å². The Hall–Kier alpha value is -7.27. The molecule has 0 aromatic heterocycles. The normalized spacial score (nSPS) is 14.2. The average molecular weight is 1110 g/mol. The van der Waals surface area contributed by atoms with Crippen molar-refractivity contribution >= 4 is 57.7 Å². The zero-order chi connectivity index (χ0) is 54.0. The van der Waals surface area contributed by atoms with Crippen molar-refractivity contribution in [3.8, 4) is 17.2 Å². The second-order valence-corrected chi connectivity index (χ2v) is 20.9. The van der Waals surface area contributed by atoms with E-state index in [0.29, 0.717) is 0 Å². The number of oxime groups is 2. The van der Waals surface area contributed by atoms with Crippen LogP contribution in [0.5, 0.6) is 17.2 Å². The molecule has 0 spiro atoms. The van der Waals surface area contributed by atoms with Gasteiger partial charge in [-0.3, -0.25) is 13.6 Å². The minimum Gasteiger partial charge on any atom is -0.493 e. The van der Waals surface area contributed by atoms with Crippen LogP contribution >= 0.6 is 0 Å². The number of ether oxygens (including phenoxy) is 2. The van der Waals surface area contributed by atoms with Gasteiger partial charge < -0.3 is 23.0 Å². The number of rotatable bonds is 18. The predicted molar refractivity (Wildman–Crippen MR) is 246 cm³/mol. The molecule has 0 amide bonds. The predicted octanol–water partition coefficient (Wildman–Crippen LogP) is 8.62. The number of aryl methyl sites for hydroxylation is 2. The standard InChI is InChI=1S/C32H25F6NO9S2.C13H13NO7S2/c1-21-3-15-27(16-4-21)49(41,42)47-26-13-17-28(18-14-26)50(43,44)48-39-29(31(33,34)35)22-5-9-24(10-6-22)45-19-2-20-46-25-11-7-23(8-12-25)30(40)32(36,37)38;1-9-2-5-11(6-3-9)23(19,20)21-10-4-7-13(22(16,17)18)12(8-10)14-15/h3-18H,2,19-20H2,1H3;2-7,15H,8H2,1H3,(H,16,17,18). The summed E-state index contributed by atoms with van der Waals surface area (Å²) in [7, 11) is -17.8. The number of hydrogen-bond donors (Lipinski definition) is 2. The Kier molecular flexibility index (Phi) is 17.9. The summed E-state index contributed by atoms with van der Waals surface area (Å²) >= 11 is 0. The number of ketones is 1. The highest BCUT2D eigenvalue weighted by Gasteiger charge is 2.40. The lowest BCUT2D eigenvalue weighted by Gasteiger charge is -2.15. The number of allylic oxidation sites excluding steroid dienone is 4. The van der Waals surface area contributed by atoms with E-state index >= 15 is 0 Å². The van der Waals surface area contributed by atoms with Crippen molar-refractivity contribution in [3.05, 3.63) is 166 Å². The molecule has 5 aromatic carbocycles. The number of halogens is 6. The molecule has 0 heterocycles. The fourth-order valence-electron chi connectivity index (χ4n) is 5.80. The SMILES string of the molecule is Cc1ccc(S(=O)(=O)OC2=CC=C(S(=O)(=O)O)C(=NO)C2)cc1.Cc1ccc(S(=O)(=O)Oc2ccc(S(=O)(=O)ON=C(c3ccc(OCCCOc4ccc(C(=O)C(F)(F)F)cc4)cc3)C(F)(F)F)cc2)cc1. The molecule has 390 valence electrons. The number of carbonyl (C=O) groups excluding carboxylic acids is 1. The van der Waals surface area contributed by atoms with Crippen molar-refractivity contribution in [2.75, 3.05) is 13.2 Å². The summed E-state index contributed by atoms with van der Waals surface area (Å²) in [5, 5.41) is 14.4. The first-order valence-electron chi connectivity index (χ1n) is 20.4. The van der Waals surface area contributed by atoms with Crippen LogP contribution in [-0.2, 0) is 48.9 Å². The Labute approximate surface area is 413 Å². The molecular weight excluding hydrogens is 1070 g/mol. The molecule has 0 radical (unpaired) electrons. The molecule has 0 atom stereocenters. The molecule has 0 bridgehead atoms. The third-order valence-electron chi connectivity index (χ3n) is 9.42. The van der Waals surface area contributed by atoms with Crippen molar-refractivity contribution < 1.29 is 96.7 Å². The summed E-state index contributed by atoms with van der Waals surface area (Å²) in [6.07, 6.45) is -8.32. The fraction of sp³-hybridized carbons (Fsp3) is 0.178. The first-order chi connectivity index (χ1) is 34.0. The molecule has 2 N–H and O–H groups in total. The molecule has 0 saturated heterocycles. The topological polar surface area (TPSA) is 265 Å². The highest BCUT2D eigenvalue weighted by atomic mass is 32.2. The molecule has 5 aromatic rings. The Morgan fingerprint density at radius 2 is 0.986 bits per heavy atom. The van der Waals surface area contributed by atoms with E-state index < -0.39 is 97.4 Å². The molecule has 73 heavy (non-hydrogen) atoms. The van der Waals surface area contributed by atoms with Gasteiger partial charge in [0.05, 0.1) is 19.6 Å². The average Bonchev–Trinajstić information content (AvgIpc) is 3.31. The minimum atomic E-state index is -5.14. The molecule has 0 aliphatic heterocycles. The number of carbonyl (C=O) groups is 1. The summed E-state index contributed by atoms with van der Waals surface area (Å²) in [5.74, 6) is -2.06. The summed E-state index contributed by atoms with van der Waals surface area (Å²) in [6, 6.07) is 24.0. The number of alkyl halides is 6. The highest BCUT2D eigenvalue weighted by molar-refractivity contribution is 7.91. The fourth-order valence-corrected chi connectivity index (χ4v) is 9.07. The summed E-state index contributed by atoms with van der Waals surface area (Å²) < 4.78 is 210. The molecule has 1 aliphatic carbocycles. The van der Waals surface area contributed by atoms with E-state index in [1.807, 2.05) is 0 Å². The quantitative estimate of drug-likeness (QED) is 0.0121. The van der Waals surface area contributed by atoms with E-state index in [9.17, 15) is 64.8 Å². The first kappa shape index (κ1) is 56.6. The van der Waals surface area contributed by atoms with Crippen LogP contribution in [0.1, 0.15) is 39.9 Å². The van der Waals surface area contributed by atoms with Gasteiger partial charge in [0, 0.05) is 17.5 Å².